The zero-order valence-electron chi connectivity index (χ0n) is 28.4. The van der Waals surface area contributed by atoms with Gasteiger partial charge in [0.2, 0.25) is 0 Å². The van der Waals surface area contributed by atoms with Gasteiger partial charge < -0.3 is 9.32 Å². The van der Waals surface area contributed by atoms with Crippen molar-refractivity contribution in [1.29, 1.82) is 0 Å². The average Bonchev–Trinajstić information content (AvgIpc) is 3.61. The van der Waals surface area contributed by atoms with E-state index in [2.05, 4.69) is 193 Å². The molecule has 244 valence electrons. The fourth-order valence-electron chi connectivity index (χ4n) is 7.75. The normalized spacial score (nSPS) is 11.5. The Morgan fingerprint density at radius 2 is 0.923 bits per heavy atom. The zero-order chi connectivity index (χ0) is 34.4. The van der Waals surface area contributed by atoms with Crippen molar-refractivity contribution in [3.05, 3.63) is 200 Å². The summed E-state index contributed by atoms with van der Waals surface area (Å²) in [5, 5.41) is 8.54. The molecule has 0 unspecified atom stereocenters. The van der Waals surface area contributed by atoms with Gasteiger partial charge in [-0.05, 0) is 86.1 Å². The number of benzene rings is 9. The monoisotopic (exact) mass is 663 g/mol. The maximum absolute atomic E-state index is 6.56. The second kappa shape index (κ2) is 12.5. The van der Waals surface area contributed by atoms with Crippen LogP contribution < -0.4 is 4.90 Å². The van der Waals surface area contributed by atoms with E-state index in [9.17, 15) is 0 Å². The van der Waals surface area contributed by atoms with E-state index in [1.807, 2.05) is 12.1 Å². The smallest absolute Gasteiger partial charge is 0.143 e. The first kappa shape index (κ1) is 30.0. The van der Waals surface area contributed by atoms with Gasteiger partial charge in [0.15, 0.2) is 0 Å². The molecule has 0 aliphatic carbocycles. The highest BCUT2D eigenvalue weighted by Gasteiger charge is 2.19. The lowest BCUT2D eigenvalue weighted by atomic mass is 9.96. The van der Waals surface area contributed by atoms with Gasteiger partial charge in [-0.25, -0.2) is 0 Å². The second-order valence-electron chi connectivity index (χ2n) is 13.3. The molecule has 10 aromatic rings. The highest BCUT2D eigenvalue weighted by molar-refractivity contribution is 6.09. The van der Waals surface area contributed by atoms with Gasteiger partial charge in [-0.3, -0.25) is 0 Å². The fourth-order valence-corrected chi connectivity index (χ4v) is 7.75. The first-order valence-corrected chi connectivity index (χ1v) is 17.8. The third-order valence-electron chi connectivity index (χ3n) is 10.2. The molecule has 9 aromatic carbocycles. The van der Waals surface area contributed by atoms with E-state index in [0.29, 0.717) is 0 Å². The molecule has 1 heterocycles. The van der Waals surface area contributed by atoms with Crippen molar-refractivity contribution in [3.63, 3.8) is 0 Å². The van der Waals surface area contributed by atoms with Gasteiger partial charge in [0.1, 0.15) is 11.3 Å². The highest BCUT2D eigenvalue weighted by atomic mass is 16.3. The van der Waals surface area contributed by atoms with Crippen LogP contribution in [0, 0.1) is 0 Å². The van der Waals surface area contributed by atoms with Crippen molar-refractivity contribution in [3.8, 4) is 33.6 Å². The summed E-state index contributed by atoms with van der Waals surface area (Å²) >= 11 is 0. The Morgan fingerprint density at radius 3 is 1.77 bits per heavy atom. The molecule has 0 aliphatic rings. The van der Waals surface area contributed by atoms with Crippen LogP contribution >= 0.6 is 0 Å². The summed E-state index contributed by atoms with van der Waals surface area (Å²) in [6.45, 7) is 0. The molecule has 1 aromatic heterocycles. The van der Waals surface area contributed by atoms with E-state index in [1.165, 1.54) is 32.3 Å². The van der Waals surface area contributed by atoms with E-state index in [4.69, 9.17) is 4.42 Å². The maximum Gasteiger partial charge on any atom is 0.143 e. The lowest BCUT2D eigenvalue weighted by Gasteiger charge is -2.27. The summed E-state index contributed by atoms with van der Waals surface area (Å²) < 4.78 is 6.56. The van der Waals surface area contributed by atoms with Gasteiger partial charge in [0.05, 0.1) is 5.69 Å². The third-order valence-corrected chi connectivity index (χ3v) is 10.2. The highest BCUT2D eigenvalue weighted by Crippen LogP contribution is 2.43. The fraction of sp³-hybridized carbons (Fsp3) is 0. The van der Waals surface area contributed by atoms with Crippen molar-refractivity contribution in [1.82, 2.24) is 0 Å². The van der Waals surface area contributed by atoms with Crippen LogP contribution in [-0.4, -0.2) is 0 Å². The number of fused-ring (bicyclic) bond motifs is 5. The van der Waals surface area contributed by atoms with E-state index in [0.717, 1.165) is 61.6 Å². The number of hydrogen-bond donors (Lipinski definition) is 0. The Morgan fingerprint density at radius 1 is 0.327 bits per heavy atom. The molecule has 52 heavy (non-hydrogen) atoms. The summed E-state index contributed by atoms with van der Waals surface area (Å²) in [5.74, 6) is 0.886. The van der Waals surface area contributed by atoms with Crippen molar-refractivity contribution >= 4 is 60.3 Å². The molecular weight excluding hydrogens is 631 g/mol. The predicted octanol–water partition coefficient (Wildman–Crippen LogP) is 14.4. The molecule has 0 saturated heterocycles. The summed E-state index contributed by atoms with van der Waals surface area (Å²) in [4.78, 5) is 2.39. The molecule has 2 heteroatoms. The van der Waals surface area contributed by atoms with E-state index in [-0.39, 0.29) is 0 Å². The molecule has 0 amide bonds. The lowest BCUT2D eigenvalue weighted by molar-refractivity contribution is 0.632. The standard InChI is InChI=1S/C50H33NO/c1-2-14-37(15-3-1)49-46-21-8-9-23-48(46)52-50(49)40-18-10-17-38(32-40)34-26-28-41(29-27-34)51(47-22-11-16-35-12-5-7-20-45(35)47)42-30-31-44-39(33-42)25-24-36-13-4-6-19-43(36)44/h1-33H. The van der Waals surface area contributed by atoms with Crippen LogP contribution in [0.15, 0.2) is 205 Å². The van der Waals surface area contributed by atoms with Gasteiger partial charge >= 0.3 is 0 Å². The number of nitrogens with zero attached hydrogens (tertiary/aromatic N) is 1. The molecule has 0 fully saturated rings. The summed E-state index contributed by atoms with van der Waals surface area (Å²) in [7, 11) is 0. The van der Waals surface area contributed by atoms with Crippen LogP contribution in [-0.2, 0) is 0 Å². The SMILES string of the molecule is c1ccc(-c2c(-c3cccc(-c4ccc(N(c5ccc6c(ccc7ccccc76)c5)c5cccc6ccccc56)cc4)c3)oc3ccccc23)cc1. The van der Waals surface area contributed by atoms with Gasteiger partial charge in [-0.1, -0.05) is 158 Å². The lowest BCUT2D eigenvalue weighted by Crippen LogP contribution is -2.10. The molecule has 10 rings (SSSR count). The third kappa shape index (κ3) is 5.12. The minimum absolute atomic E-state index is 0.886. The molecule has 0 spiro atoms. The molecule has 0 N–H and O–H groups in total. The van der Waals surface area contributed by atoms with Gasteiger partial charge in [0, 0.05) is 33.3 Å². The summed E-state index contributed by atoms with van der Waals surface area (Å²) in [6.07, 6.45) is 0. The van der Waals surface area contributed by atoms with E-state index < -0.39 is 0 Å². The van der Waals surface area contributed by atoms with Crippen molar-refractivity contribution in [2.45, 2.75) is 0 Å². The number of rotatable bonds is 6. The van der Waals surface area contributed by atoms with Crippen LogP contribution in [0.2, 0.25) is 0 Å². The first-order valence-electron chi connectivity index (χ1n) is 17.8. The van der Waals surface area contributed by atoms with Crippen LogP contribution in [0.3, 0.4) is 0 Å². The average molecular weight is 664 g/mol. The molecular formula is C50H33NO. The van der Waals surface area contributed by atoms with Gasteiger partial charge in [0.25, 0.3) is 0 Å². The maximum atomic E-state index is 6.56. The molecule has 0 atom stereocenters. The number of para-hydroxylation sites is 1. The Balaban J connectivity index is 1.08. The van der Waals surface area contributed by atoms with Gasteiger partial charge in [-0.15, -0.1) is 0 Å². The Hall–Kier alpha value is -6.90. The molecule has 0 radical (unpaired) electrons. The van der Waals surface area contributed by atoms with Crippen LogP contribution in [0.5, 0.6) is 0 Å². The van der Waals surface area contributed by atoms with Crippen LogP contribution in [0.25, 0.3) is 76.9 Å². The summed E-state index contributed by atoms with van der Waals surface area (Å²) in [5.41, 5.74) is 9.85. The Kier molecular flexibility index (Phi) is 7.18. The number of furan rings is 1. The predicted molar refractivity (Wildman–Crippen MR) is 220 cm³/mol. The number of anilines is 3. The first-order chi connectivity index (χ1) is 25.8. The topological polar surface area (TPSA) is 16.4 Å². The molecule has 0 bridgehead atoms. The van der Waals surface area contributed by atoms with E-state index in [1.54, 1.807) is 0 Å². The summed E-state index contributed by atoms with van der Waals surface area (Å²) in [6, 6.07) is 71.6. The largest absolute Gasteiger partial charge is 0.455 e. The second-order valence-corrected chi connectivity index (χ2v) is 13.3. The Labute approximate surface area is 302 Å². The Bertz CT molecular complexity index is 2900. The van der Waals surface area contributed by atoms with Crippen molar-refractivity contribution in [2.24, 2.45) is 0 Å². The minimum Gasteiger partial charge on any atom is -0.455 e. The van der Waals surface area contributed by atoms with Crippen LogP contribution in [0.4, 0.5) is 17.1 Å². The quantitative estimate of drug-likeness (QED) is 0.165. The molecule has 0 aliphatic heterocycles. The van der Waals surface area contributed by atoms with E-state index >= 15 is 0 Å². The molecule has 2 nitrogen and oxygen atoms in total. The van der Waals surface area contributed by atoms with Gasteiger partial charge in [-0.2, -0.15) is 0 Å². The zero-order valence-corrected chi connectivity index (χ0v) is 28.4. The van der Waals surface area contributed by atoms with Crippen molar-refractivity contribution in [2.75, 3.05) is 4.90 Å². The minimum atomic E-state index is 0.886. The van der Waals surface area contributed by atoms with Crippen LogP contribution in [0.1, 0.15) is 0 Å². The van der Waals surface area contributed by atoms with Crippen molar-refractivity contribution < 1.29 is 4.42 Å². The number of hydrogen-bond acceptors (Lipinski definition) is 2. The molecule has 0 saturated carbocycles.